The molecule has 1 aliphatic rings. The van der Waals surface area contributed by atoms with E-state index in [4.69, 9.17) is 19.0 Å². The van der Waals surface area contributed by atoms with E-state index < -0.39 is 6.10 Å². The van der Waals surface area contributed by atoms with Gasteiger partial charge in [0.05, 0.1) is 27.0 Å². The lowest BCUT2D eigenvalue weighted by Gasteiger charge is -2.14. The number of hydrogen-bond acceptors (Lipinski definition) is 6. The fraction of sp³-hybridized carbons (Fsp3) is 0.333. The van der Waals surface area contributed by atoms with Gasteiger partial charge in [-0.05, 0) is 30.2 Å². The monoisotopic (exact) mass is 384 g/mol. The number of rotatable bonds is 7. The second-order valence-electron chi connectivity index (χ2n) is 6.25. The first-order valence-electron chi connectivity index (χ1n) is 9.03. The molecule has 1 N–H and O–H groups in total. The van der Waals surface area contributed by atoms with Gasteiger partial charge in [0.15, 0.2) is 11.5 Å². The minimum Gasteiger partial charge on any atom is -0.493 e. The Morgan fingerprint density at radius 2 is 1.82 bits per heavy atom. The van der Waals surface area contributed by atoms with Crippen LogP contribution in [-0.2, 0) is 16.1 Å². The number of nitrogens with one attached hydrogen (secondary N) is 1. The number of carbonyl (C=O) groups is 1. The standard InChI is InChI=1S/C21H24N2O5/c1-5-13-8-6-7-9-15(13)22-21(24)19-12-16(23-28-19)14-10-17(25-2)20(27-4)18(11-14)26-3/h6-11,19H,5,12H2,1-4H3,(H,22,24)/t19-/m1/s1. The van der Waals surface area contributed by atoms with Gasteiger partial charge in [-0.1, -0.05) is 30.3 Å². The molecule has 0 aliphatic carbocycles. The number of carbonyl (C=O) groups excluding carboxylic acids is 1. The van der Waals surface area contributed by atoms with Crippen molar-refractivity contribution in [3.05, 3.63) is 47.5 Å². The predicted octanol–water partition coefficient (Wildman–Crippen LogP) is 3.41. The van der Waals surface area contributed by atoms with Gasteiger partial charge < -0.3 is 24.4 Å². The number of para-hydroxylation sites is 1. The van der Waals surface area contributed by atoms with E-state index in [1.54, 1.807) is 33.5 Å². The van der Waals surface area contributed by atoms with Crippen molar-refractivity contribution in [3.8, 4) is 17.2 Å². The second kappa shape index (κ2) is 8.65. The third-order valence-electron chi connectivity index (χ3n) is 4.62. The summed E-state index contributed by atoms with van der Waals surface area (Å²) in [6.07, 6.45) is 0.479. The first-order chi connectivity index (χ1) is 13.6. The lowest BCUT2D eigenvalue weighted by Crippen LogP contribution is -2.28. The molecule has 0 spiro atoms. The van der Waals surface area contributed by atoms with Gasteiger partial charge in [0.25, 0.3) is 5.91 Å². The van der Waals surface area contributed by atoms with Crippen molar-refractivity contribution in [2.24, 2.45) is 5.16 Å². The van der Waals surface area contributed by atoms with Crippen molar-refractivity contribution in [2.45, 2.75) is 25.9 Å². The third kappa shape index (κ3) is 3.88. The largest absolute Gasteiger partial charge is 0.493 e. The average Bonchev–Trinajstić information content (AvgIpc) is 3.23. The van der Waals surface area contributed by atoms with Crippen molar-refractivity contribution in [2.75, 3.05) is 26.6 Å². The van der Waals surface area contributed by atoms with Crippen molar-refractivity contribution >= 4 is 17.3 Å². The molecule has 7 nitrogen and oxygen atoms in total. The van der Waals surface area contributed by atoms with Gasteiger partial charge in [-0.25, -0.2) is 0 Å². The summed E-state index contributed by atoms with van der Waals surface area (Å²) in [5.41, 5.74) is 3.25. The molecule has 2 aromatic rings. The molecule has 148 valence electrons. The van der Waals surface area contributed by atoms with Crippen LogP contribution in [0.25, 0.3) is 0 Å². The lowest BCUT2D eigenvalue weighted by atomic mass is 10.0. The van der Waals surface area contributed by atoms with E-state index in [0.717, 1.165) is 23.2 Å². The molecule has 0 bridgehead atoms. The molecule has 1 amide bonds. The minimum atomic E-state index is -0.695. The molecule has 0 saturated carbocycles. The van der Waals surface area contributed by atoms with Crippen LogP contribution in [-0.4, -0.2) is 39.1 Å². The van der Waals surface area contributed by atoms with Crippen LogP contribution < -0.4 is 19.5 Å². The van der Waals surface area contributed by atoms with E-state index >= 15 is 0 Å². The molecule has 3 rings (SSSR count). The number of hydrogen-bond donors (Lipinski definition) is 1. The molecule has 28 heavy (non-hydrogen) atoms. The Morgan fingerprint density at radius 1 is 1.14 bits per heavy atom. The molecule has 0 aromatic heterocycles. The molecule has 0 radical (unpaired) electrons. The Bertz CT molecular complexity index is 869. The molecular formula is C21H24N2O5. The van der Waals surface area contributed by atoms with Crippen LogP contribution in [0.15, 0.2) is 41.6 Å². The van der Waals surface area contributed by atoms with Crippen LogP contribution in [0.1, 0.15) is 24.5 Å². The summed E-state index contributed by atoms with van der Waals surface area (Å²) in [7, 11) is 4.65. The van der Waals surface area contributed by atoms with E-state index in [1.165, 1.54) is 0 Å². The van der Waals surface area contributed by atoms with Crippen molar-refractivity contribution in [3.63, 3.8) is 0 Å². The molecule has 7 heteroatoms. The fourth-order valence-corrected chi connectivity index (χ4v) is 3.10. The Morgan fingerprint density at radius 3 is 2.43 bits per heavy atom. The number of ether oxygens (including phenoxy) is 3. The summed E-state index contributed by atoms with van der Waals surface area (Å²) in [5.74, 6) is 1.31. The molecule has 1 heterocycles. The summed E-state index contributed by atoms with van der Waals surface area (Å²) in [6.45, 7) is 2.04. The number of amides is 1. The van der Waals surface area contributed by atoms with Gasteiger partial charge in [0.1, 0.15) is 0 Å². The Balaban J connectivity index is 1.75. The van der Waals surface area contributed by atoms with Crippen molar-refractivity contribution in [1.82, 2.24) is 0 Å². The third-order valence-corrected chi connectivity index (χ3v) is 4.62. The van der Waals surface area contributed by atoms with Crippen LogP contribution in [0, 0.1) is 0 Å². The average molecular weight is 384 g/mol. The highest BCUT2D eigenvalue weighted by Crippen LogP contribution is 2.39. The van der Waals surface area contributed by atoms with Gasteiger partial charge in [0, 0.05) is 17.7 Å². The van der Waals surface area contributed by atoms with Gasteiger partial charge in [-0.3, -0.25) is 4.79 Å². The zero-order valence-corrected chi connectivity index (χ0v) is 16.4. The first kappa shape index (κ1) is 19.5. The Kier molecular flexibility index (Phi) is 6.03. The van der Waals surface area contributed by atoms with E-state index in [2.05, 4.69) is 10.5 Å². The molecular weight excluding hydrogens is 360 g/mol. The first-order valence-corrected chi connectivity index (χ1v) is 9.03. The van der Waals surface area contributed by atoms with Gasteiger partial charge in [-0.2, -0.15) is 0 Å². The molecule has 1 aliphatic heterocycles. The highest BCUT2D eigenvalue weighted by molar-refractivity contribution is 6.06. The molecule has 0 saturated heterocycles. The molecule has 0 unspecified atom stereocenters. The minimum absolute atomic E-state index is 0.230. The quantitative estimate of drug-likeness (QED) is 0.792. The maximum absolute atomic E-state index is 12.6. The van der Waals surface area contributed by atoms with E-state index in [0.29, 0.717) is 29.4 Å². The summed E-state index contributed by atoms with van der Waals surface area (Å²) < 4.78 is 16.1. The summed E-state index contributed by atoms with van der Waals surface area (Å²) >= 11 is 0. The summed E-state index contributed by atoms with van der Waals surface area (Å²) in [6, 6.07) is 11.3. The molecule has 1 atom stereocenters. The van der Waals surface area contributed by atoms with Crippen molar-refractivity contribution in [1.29, 1.82) is 0 Å². The van der Waals surface area contributed by atoms with Gasteiger partial charge in [0.2, 0.25) is 11.9 Å². The topological polar surface area (TPSA) is 78.4 Å². The predicted molar refractivity (Wildman–Crippen MR) is 107 cm³/mol. The summed E-state index contributed by atoms with van der Waals surface area (Å²) in [4.78, 5) is 18.0. The number of methoxy groups -OCH3 is 3. The van der Waals surface area contributed by atoms with Gasteiger partial charge >= 0.3 is 0 Å². The Labute approximate surface area is 164 Å². The number of anilines is 1. The molecule has 0 fully saturated rings. The number of oxime groups is 1. The fourth-order valence-electron chi connectivity index (χ4n) is 3.10. The maximum Gasteiger partial charge on any atom is 0.268 e. The number of nitrogens with zero attached hydrogens (tertiary/aromatic N) is 1. The van der Waals surface area contributed by atoms with Gasteiger partial charge in [-0.15, -0.1) is 0 Å². The van der Waals surface area contributed by atoms with Crippen LogP contribution in [0.4, 0.5) is 5.69 Å². The van der Waals surface area contributed by atoms with Crippen molar-refractivity contribution < 1.29 is 23.8 Å². The van der Waals surface area contributed by atoms with Crippen LogP contribution >= 0.6 is 0 Å². The SMILES string of the molecule is CCc1ccccc1NC(=O)[C@H]1CC(c2cc(OC)c(OC)c(OC)c2)=NO1. The van der Waals surface area contributed by atoms with Crippen LogP contribution in [0.3, 0.4) is 0 Å². The van der Waals surface area contributed by atoms with E-state index in [1.807, 2.05) is 31.2 Å². The van der Waals surface area contributed by atoms with E-state index in [9.17, 15) is 4.79 Å². The second-order valence-corrected chi connectivity index (χ2v) is 6.25. The Hall–Kier alpha value is -3.22. The number of benzene rings is 2. The maximum atomic E-state index is 12.6. The summed E-state index contributed by atoms with van der Waals surface area (Å²) in [5, 5.41) is 7.03. The highest BCUT2D eigenvalue weighted by Gasteiger charge is 2.30. The zero-order valence-electron chi connectivity index (χ0n) is 16.4. The van der Waals surface area contributed by atoms with Crippen LogP contribution in [0.2, 0.25) is 0 Å². The van der Waals surface area contributed by atoms with E-state index in [-0.39, 0.29) is 5.91 Å². The number of aryl methyl sites for hydroxylation is 1. The lowest BCUT2D eigenvalue weighted by molar-refractivity contribution is -0.125. The normalized spacial score (nSPS) is 15.4. The molecule has 2 aromatic carbocycles. The smallest absolute Gasteiger partial charge is 0.268 e. The zero-order chi connectivity index (χ0) is 20.1. The van der Waals surface area contributed by atoms with Crippen LogP contribution in [0.5, 0.6) is 17.2 Å². The highest BCUT2D eigenvalue weighted by atomic mass is 16.6.